The predicted molar refractivity (Wildman–Crippen MR) is 46.7 cm³/mol. The highest BCUT2D eigenvalue weighted by molar-refractivity contribution is 7.95. The van der Waals surface area contributed by atoms with E-state index in [2.05, 4.69) is 4.72 Å². The molecule has 11 heavy (non-hydrogen) atoms. The molecule has 4 heteroatoms. The highest BCUT2D eigenvalue weighted by Crippen LogP contribution is 2.31. The third-order valence-electron chi connectivity index (χ3n) is 1.79. The van der Waals surface area contributed by atoms with Crippen molar-refractivity contribution in [2.75, 3.05) is 0 Å². The number of nitrogens with zero attached hydrogens (tertiary/aromatic N) is 1. The van der Waals surface area contributed by atoms with Crippen molar-refractivity contribution >= 4 is 12.1 Å². The van der Waals surface area contributed by atoms with Crippen molar-refractivity contribution < 1.29 is 0 Å². The standard InChI is InChI=1S/C7H9N3S/c1-5-6(8)2-3-10-7(5)4-9-11-10/h2-4,9H,8H2,1H3. The molecule has 2 aliphatic heterocycles. The Bertz CT molecular complexity index is 277. The van der Waals surface area contributed by atoms with Gasteiger partial charge in [-0.1, -0.05) is 0 Å². The molecule has 0 aromatic rings. The van der Waals surface area contributed by atoms with Gasteiger partial charge < -0.3 is 10.5 Å². The Labute approximate surface area is 69.9 Å². The summed E-state index contributed by atoms with van der Waals surface area (Å²) in [6.45, 7) is 2.02. The van der Waals surface area contributed by atoms with E-state index in [1.807, 2.05) is 29.7 Å². The van der Waals surface area contributed by atoms with Crippen molar-refractivity contribution in [3.8, 4) is 0 Å². The molecule has 0 spiro atoms. The summed E-state index contributed by atoms with van der Waals surface area (Å²) in [6.07, 6.45) is 5.82. The van der Waals surface area contributed by atoms with Gasteiger partial charge in [0.05, 0.1) is 17.8 Å². The molecule has 0 aromatic carbocycles. The number of nitrogens with two attached hydrogens (primary N) is 1. The van der Waals surface area contributed by atoms with E-state index < -0.39 is 0 Å². The fourth-order valence-corrected chi connectivity index (χ4v) is 1.74. The van der Waals surface area contributed by atoms with Crippen LogP contribution in [0.1, 0.15) is 6.92 Å². The normalized spacial score (nSPS) is 21.5. The molecule has 3 nitrogen and oxygen atoms in total. The molecule has 0 bridgehead atoms. The summed E-state index contributed by atoms with van der Waals surface area (Å²) in [5, 5.41) is 0. The number of nitrogens with one attached hydrogen (secondary N) is 1. The second-order valence-electron chi connectivity index (χ2n) is 2.46. The summed E-state index contributed by atoms with van der Waals surface area (Å²) < 4.78 is 5.10. The van der Waals surface area contributed by atoms with E-state index in [9.17, 15) is 0 Å². The van der Waals surface area contributed by atoms with Crippen LogP contribution in [-0.4, -0.2) is 4.31 Å². The van der Waals surface area contributed by atoms with Crippen LogP contribution in [0.15, 0.2) is 35.4 Å². The number of rotatable bonds is 0. The molecule has 0 unspecified atom stereocenters. The van der Waals surface area contributed by atoms with Gasteiger partial charge in [-0.3, -0.25) is 4.31 Å². The first-order valence-electron chi connectivity index (χ1n) is 3.36. The van der Waals surface area contributed by atoms with Crippen molar-refractivity contribution in [2.45, 2.75) is 6.92 Å². The largest absolute Gasteiger partial charge is 0.398 e. The molecule has 0 saturated heterocycles. The molecular weight excluding hydrogens is 158 g/mol. The van der Waals surface area contributed by atoms with Gasteiger partial charge in [0.25, 0.3) is 0 Å². The summed E-state index contributed by atoms with van der Waals surface area (Å²) in [7, 11) is 0. The van der Waals surface area contributed by atoms with E-state index in [0.717, 1.165) is 17.0 Å². The van der Waals surface area contributed by atoms with Gasteiger partial charge in [-0.2, -0.15) is 0 Å². The van der Waals surface area contributed by atoms with Crippen LogP contribution in [0.5, 0.6) is 0 Å². The van der Waals surface area contributed by atoms with Crippen LogP contribution in [0.25, 0.3) is 0 Å². The first-order valence-corrected chi connectivity index (χ1v) is 4.13. The summed E-state index contributed by atoms with van der Waals surface area (Å²) in [5.41, 5.74) is 8.84. The van der Waals surface area contributed by atoms with E-state index in [0.29, 0.717) is 0 Å². The minimum Gasteiger partial charge on any atom is -0.398 e. The molecule has 2 rings (SSSR count). The Morgan fingerprint density at radius 3 is 3.27 bits per heavy atom. The smallest absolute Gasteiger partial charge is 0.0750 e. The fraction of sp³-hybridized carbons (Fsp3) is 0.143. The Hall–Kier alpha value is -1.03. The van der Waals surface area contributed by atoms with Gasteiger partial charge in [-0.15, -0.1) is 0 Å². The number of allylic oxidation sites excluding steroid dienone is 2. The molecule has 0 aliphatic carbocycles. The van der Waals surface area contributed by atoms with Gasteiger partial charge in [0.15, 0.2) is 0 Å². The van der Waals surface area contributed by atoms with Crippen LogP contribution in [0, 0.1) is 0 Å². The van der Waals surface area contributed by atoms with Gasteiger partial charge in [-0.25, -0.2) is 0 Å². The second-order valence-corrected chi connectivity index (χ2v) is 3.27. The van der Waals surface area contributed by atoms with E-state index in [4.69, 9.17) is 5.73 Å². The summed E-state index contributed by atoms with van der Waals surface area (Å²) in [4.78, 5) is 0. The van der Waals surface area contributed by atoms with Crippen molar-refractivity contribution in [2.24, 2.45) is 5.73 Å². The Morgan fingerprint density at radius 2 is 2.45 bits per heavy atom. The third kappa shape index (κ3) is 0.903. The minimum atomic E-state index is 0.844. The fourth-order valence-electron chi connectivity index (χ4n) is 1.06. The van der Waals surface area contributed by atoms with E-state index >= 15 is 0 Å². The Morgan fingerprint density at radius 1 is 1.64 bits per heavy atom. The molecule has 0 aromatic heterocycles. The van der Waals surface area contributed by atoms with Gasteiger partial charge in [0, 0.05) is 18.1 Å². The number of hydrogen-bond acceptors (Lipinski definition) is 4. The predicted octanol–water partition coefficient (Wildman–Crippen LogP) is 1.06. The lowest BCUT2D eigenvalue weighted by Crippen LogP contribution is -2.13. The average Bonchev–Trinajstić information content (AvgIpc) is 2.45. The Balaban J connectivity index is 2.43. The number of fused-ring (bicyclic) bond motifs is 1. The van der Waals surface area contributed by atoms with Gasteiger partial charge in [-0.05, 0) is 18.6 Å². The molecule has 0 amide bonds. The molecule has 58 valence electrons. The van der Waals surface area contributed by atoms with E-state index in [1.165, 1.54) is 0 Å². The van der Waals surface area contributed by atoms with E-state index in [1.54, 1.807) is 12.1 Å². The second kappa shape index (κ2) is 2.23. The Kier molecular flexibility index (Phi) is 1.35. The molecule has 0 atom stereocenters. The van der Waals surface area contributed by atoms with Crippen LogP contribution in [-0.2, 0) is 0 Å². The third-order valence-corrected chi connectivity index (χ3v) is 2.53. The van der Waals surface area contributed by atoms with Crippen LogP contribution < -0.4 is 10.5 Å². The lowest BCUT2D eigenvalue weighted by Gasteiger charge is -2.19. The highest BCUT2D eigenvalue weighted by Gasteiger charge is 2.19. The maximum atomic E-state index is 5.72. The van der Waals surface area contributed by atoms with Crippen LogP contribution in [0.3, 0.4) is 0 Å². The van der Waals surface area contributed by atoms with Crippen molar-refractivity contribution in [3.05, 3.63) is 35.4 Å². The van der Waals surface area contributed by atoms with Gasteiger partial charge >= 0.3 is 0 Å². The van der Waals surface area contributed by atoms with Crippen LogP contribution in [0.4, 0.5) is 0 Å². The van der Waals surface area contributed by atoms with Crippen molar-refractivity contribution in [1.82, 2.24) is 9.03 Å². The summed E-state index contributed by atoms with van der Waals surface area (Å²) in [6, 6.07) is 0. The molecule has 0 fully saturated rings. The molecule has 2 aliphatic rings. The quantitative estimate of drug-likeness (QED) is 0.529. The minimum absolute atomic E-state index is 0.844. The van der Waals surface area contributed by atoms with Crippen LogP contribution in [0.2, 0.25) is 0 Å². The maximum absolute atomic E-state index is 5.72. The van der Waals surface area contributed by atoms with Crippen molar-refractivity contribution in [1.29, 1.82) is 0 Å². The molecular formula is C7H9N3S. The zero-order chi connectivity index (χ0) is 7.84. The molecule has 3 N–H and O–H groups in total. The molecule has 0 saturated carbocycles. The topological polar surface area (TPSA) is 41.3 Å². The van der Waals surface area contributed by atoms with Crippen LogP contribution >= 0.6 is 12.1 Å². The first-order chi connectivity index (χ1) is 5.29. The summed E-state index contributed by atoms with van der Waals surface area (Å²) in [5.74, 6) is 0. The number of hydrogen-bond donors (Lipinski definition) is 2. The monoisotopic (exact) mass is 167 g/mol. The molecule has 2 heterocycles. The lowest BCUT2D eigenvalue weighted by atomic mass is 10.1. The zero-order valence-electron chi connectivity index (χ0n) is 6.16. The molecule has 0 radical (unpaired) electrons. The van der Waals surface area contributed by atoms with Crippen molar-refractivity contribution in [3.63, 3.8) is 0 Å². The van der Waals surface area contributed by atoms with Gasteiger partial charge in [0.2, 0.25) is 0 Å². The first kappa shape index (κ1) is 6.67. The van der Waals surface area contributed by atoms with E-state index in [-0.39, 0.29) is 0 Å². The highest BCUT2D eigenvalue weighted by atomic mass is 32.2. The zero-order valence-corrected chi connectivity index (χ0v) is 6.98. The lowest BCUT2D eigenvalue weighted by molar-refractivity contribution is 0.776. The maximum Gasteiger partial charge on any atom is 0.0750 e. The summed E-state index contributed by atoms with van der Waals surface area (Å²) >= 11 is 1.55. The van der Waals surface area contributed by atoms with Gasteiger partial charge in [0.1, 0.15) is 0 Å². The average molecular weight is 167 g/mol. The SMILES string of the molecule is CC1=C(N)C=CN2SNC=C12.